The van der Waals surface area contributed by atoms with Gasteiger partial charge in [0.05, 0.1) is 6.61 Å². The molecule has 0 fully saturated rings. The maximum absolute atomic E-state index is 9.22. The molecule has 0 bridgehead atoms. The van der Waals surface area contributed by atoms with E-state index >= 15 is 0 Å². The molecule has 0 spiro atoms. The smallest absolute Gasteiger partial charge is 0.212 e. The lowest BCUT2D eigenvalue weighted by Gasteiger charge is -2.00. The van der Waals surface area contributed by atoms with Crippen LogP contribution in [0.25, 0.3) is 0 Å². The van der Waals surface area contributed by atoms with E-state index < -0.39 is 0 Å². The Labute approximate surface area is 123 Å². The summed E-state index contributed by atoms with van der Waals surface area (Å²) in [4.78, 5) is 7.14. The fourth-order valence-corrected chi connectivity index (χ4v) is 1.77. The van der Waals surface area contributed by atoms with Crippen LogP contribution in [0.5, 0.6) is 5.88 Å². The minimum absolute atomic E-state index is 0.200. The van der Waals surface area contributed by atoms with E-state index in [0.717, 1.165) is 12.0 Å². The third kappa shape index (κ3) is 3.29. The molecule has 5 heteroatoms. The number of nitriles is 2. The van der Waals surface area contributed by atoms with Gasteiger partial charge >= 0.3 is 0 Å². The van der Waals surface area contributed by atoms with Gasteiger partial charge < -0.3 is 9.72 Å². The van der Waals surface area contributed by atoms with Crippen molar-refractivity contribution in [2.24, 2.45) is 4.99 Å². The van der Waals surface area contributed by atoms with Gasteiger partial charge in [0.1, 0.15) is 23.3 Å². The van der Waals surface area contributed by atoms with Gasteiger partial charge in [-0.15, -0.1) is 0 Å². The van der Waals surface area contributed by atoms with Crippen LogP contribution in [0.15, 0.2) is 35.3 Å². The Hall–Kier alpha value is -3.05. The second-order valence-electron chi connectivity index (χ2n) is 4.29. The van der Waals surface area contributed by atoms with Crippen LogP contribution in [0.3, 0.4) is 0 Å². The number of nitrogens with zero attached hydrogens (tertiary/aromatic N) is 3. The first-order valence-electron chi connectivity index (χ1n) is 6.58. The summed E-state index contributed by atoms with van der Waals surface area (Å²) in [6.07, 6.45) is 2.45. The molecule has 21 heavy (non-hydrogen) atoms. The molecule has 1 aromatic carbocycles. The number of rotatable bonds is 5. The van der Waals surface area contributed by atoms with Crippen molar-refractivity contribution in [3.63, 3.8) is 0 Å². The highest BCUT2D eigenvalue weighted by molar-refractivity contribution is 5.82. The predicted molar refractivity (Wildman–Crippen MR) is 79.7 cm³/mol. The van der Waals surface area contributed by atoms with E-state index in [1.165, 1.54) is 0 Å². The van der Waals surface area contributed by atoms with Gasteiger partial charge in [-0.3, -0.25) is 0 Å². The van der Waals surface area contributed by atoms with Crippen molar-refractivity contribution in [3.8, 4) is 18.0 Å². The van der Waals surface area contributed by atoms with Gasteiger partial charge in [0.15, 0.2) is 5.82 Å². The lowest BCUT2D eigenvalue weighted by atomic mass is 10.2. The molecule has 0 atom stereocenters. The van der Waals surface area contributed by atoms with E-state index in [0.29, 0.717) is 18.3 Å². The van der Waals surface area contributed by atoms with Crippen LogP contribution >= 0.6 is 0 Å². The van der Waals surface area contributed by atoms with E-state index in [1.807, 2.05) is 49.4 Å². The zero-order valence-corrected chi connectivity index (χ0v) is 11.6. The molecule has 1 aromatic heterocycles. The number of hydrogen-bond acceptors (Lipinski definition) is 4. The van der Waals surface area contributed by atoms with E-state index in [9.17, 15) is 10.5 Å². The molecular formula is C16H14N4O. The molecule has 0 aliphatic heterocycles. The molecule has 0 unspecified atom stereocenters. The average molecular weight is 278 g/mol. The SMILES string of the molecule is CCCOc1[nH]c(/N=C/c2ccccc2)c(C#N)c1C#N. The molecule has 0 aliphatic rings. The molecule has 5 nitrogen and oxygen atoms in total. The zero-order chi connectivity index (χ0) is 15.1. The number of ether oxygens (including phenoxy) is 1. The third-order valence-corrected chi connectivity index (χ3v) is 2.76. The quantitative estimate of drug-likeness (QED) is 0.851. The first-order chi connectivity index (χ1) is 10.3. The number of hydrogen-bond donors (Lipinski definition) is 1. The Morgan fingerprint density at radius 3 is 2.52 bits per heavy atom. The Kier molecular flexibility index (Phi) is 4.74. The molecule has 0 aliphatic carbocycles. The molecule has 2 rings (SSSR count). The van der Waals surface area contributed by atoms with Crippen LogP contribution in [0.1, 0.15) is 30.0 Å². The second kappa shape index (κ2) is 6.93. The van der Waals surface area contributed by atoms with Gasteiger partial charge in [-0.05, 0) is 12.0 Å². The van der Waals surface area contributed by atoms with Crippen LogP contribution in [-0.4, -0.2) is 17.8 Å². The highest BCUT2D eigenvalue weighted by atomic mass is 16.5. The summed E-state index contributed by atoms with van der Waals surface area (Å²) in [5, 5.41) is 18.4. The molecule has 1 N–H and O–H groups in total. The second-order valence-corrected chi connectivity index (χ2v) is 4.29. The largest absolute Gasteiger partial charge is 0.478 e. The van der Waals surface area contributed by atoms with Crippen LogP contribution in [0, 0.1) is 22.7 Å². The number of aromatic nitrogens is 1. The molecule has 0 saturated carbocycles. The van der Waals surface area contributed by atoms with Gasteiger partial charge in [-0.25, -0.2) is 4.99 Å². The maximum Gasteiger partial charge on any atom is 0.212 e. The summed E-state index contributed by atoms with van der Waals surface area (Å²) in [7, 11) is 0. The summed E-state index contributed by atoms with van der Waals surface area (Å²) in [6.45, 7) is 2.44. The number of aliphatic imine (C=N–C) groups is 1. The lowest BCUT2D eigenvalue weighted by molar-refractivity contribution is 0.306. The number of benzene rings is 1. The molecule has 0 radical (unpaired) electrons. The number of nitrogens with one attached hydrogen (secondary N) is 1. The Morgan fingerprint density at radius 1 is 1.19 bits per heavy atom. The van der Waals surface area contributed by atoms with E-state index in [4.69, 9.17) is 4.74 Å². The molecular weight excluding hydrogens is 264 g/mol. The van der Waals surface area contributed by atoms with Crippen LogP contribution in [0.4, 0.5) is 5.82 Å². The van der Waals surface area contributed by atoms with Crippen molar-refractivity contribution < 1.29 is 4.74 Å². The average Bonchev–Trinajstić information content (AvgIpc) is 2.88. The summed E-state index contributed by atoms with van der Waals surface area (Å²) < 4.78 is 5.45. The summed E-state index contributed by atoms with van der Waals surface area (Å²) in [5.74, 6) is 0.639. The third-order valence-electron chi connectivity index (χ3n) is 2.76. The highest BCUT2D eigenvalue weighted by Crippen LogP contribution is 2.29. The Morgan fingerprint density at radius 2 is 1.90 bits per heavy atom. The molecule has 104 valence electrons. The monoisotopic (exact) mass is 278 g/mol. The van der Waals surface area contributed by atoms with Crippen molar-refractivity contribution in [3.05, 3.63) is 47.0 Å². The highest BCUT2D eigenvalue weighted by Gasteiger charge is 2.17. The van der Waals surface area contributed by atoms with E-state index in [1.54, 1.807) is 6.21 Å². The lowest BCUT2D eigenvalue weighted by Crippen LogP contribution is -1.96. The minimum Gasteiger partial charge on any atom is -0.478 e. The fraction of sp³-hybridized carbons (Fsp3) is 0.188. The number of aromatic amines is 1. The van der Waals surface area contributed by atoms with Gasteiger partial charge in [0.25, 0.3) is 0 Å². The molecule has 1 heterocycles. The normalized spacial score (nSPS) is 10.2. The summed E-state index contributed by atoms with van der Waals surface area (Å²) in [5.41, 5.74) is 1.31. The van der Waals surface area contributed by atoms with Gasteiger partial charge in [0.2, 0.25) is 5.88 Å². The van der Waals surface area contributed by atoms with E-state index in [-0.39, 0.29) is 11.1 Å². The van der Waals surface area contributed by atoms with Crippen molar-refractivity contribution in [1.82, 2.24) is 4.98 Å². The van der Waals surface area contributed by atoms with Crippen molar-refractivity contribution in [2.45, 2.75) is 13.3 Å². The minimum atomic E-state index is 0.200. The summed E-state index contributed by atoms with van der Waals surface area (Å²) in [6, 6.07) is 13.5. The van der Waals surface area contributed by atoms with Crippen LogP contribution in [-0.2, 0) is 0 Å². The van der Waals surface area contributed by atoms with E-state index in [2.05, 4.69) is 9.98 Å². The van der Waals surface area contributed by atoms with Crippen LogP contribution in [0.2, 0.25) is 0 Å². The molecule has 0 saturated heterocycles. The number of H-pyrrole nitrogens is 1. The van der Waals surface area contributed by atoms with Gasteiger partial charge in [0, 0.05) is 6.21 Å². The van der Waals surface area contributed by atoms with Gasteiger partial charge in [-0.1, -0.05) is 37.3 Å². The zero-order valence-electron chi connectivity index (χ0n) is 11.6. The standard InChI is InChI=1S/C16H14N4O/c1-2-8-21-16-14(10-18)13(9-17)15(20-16)19-11-12-6-4-3-5-7-12/h3-7,11,20H,2,8H2,1H3/b19-11+. The van der Waals surface area contributed by atoms with Gasteiger partial charge in [-0.2, -0.15) is 10.5 Å². The molecule has 2 aromatic rings. The van der Waals surface area contributed by atoms with Crippen LogP contribution < -0.4 is 4.74 Å². The first kappa shape index (κ1) is 14.4. The van der Waals surface area contributed by atoms with Crippen molar-refractivity contribution in [1.29, 1.82) is 10.5 Å². The molecule has 0 amide bonds. The first-order valence-corrected chi connectivity index (χ1v) is 6.58. The Bertz CT molecular complexity index is 717. The predicted octanol–water partition coefficient (Wildman–Crippen LogP) is 3.30. The topological polar surface area (TPSA) is 85.0 Å². The van der Waals surface area contributed by atoms with Crippen molar-refractivity contribution in [2.75, 3.05) is 6.61 Å². The van der Waals surface area contributed by atoms with Crippen molar-refractivity contribution >= 4 is 12.0 Å². The summed E-state index contributed by atoms with van der Waals surface area (Å²) >= 11 is 0. The fourth-order valence-electron chi connectivity index (χ4n) is 1.77. The Balaban J connectivity index is 2.36. The maximum atomic E-state index is 9.22.